The van der Waals surface area contributed by atoms with Gasteiger partial charge in [0.15, 0.2) is 0 Å². The smallest absolute Gasteiger partial charge is 0.270 e. The Balaban J connectivity index is 1.71. The molecule has 10 nitrogen and oxygen atoms in total. The van der Waals surface area contributed by atoms with Crippen molar-refractivity contribution in [2.24, 2.45) is 45.1 Å². The highest BCUT2D eigenvalue weighted by atomic mass is 16.2. The molecule has 1 aliphatic heterocycles. The average molecular weight is 500 g/mol. The predicted molar refractivity (Wildman–Crippen MR) is 141 cm³/mol. The zero-order valence-corrected chi connectivity index (χ0v) is 21.8. The van der Waals surface area contributed by atoms with E-state index in [0.29, 0.717) is 24.1 Å². The average Bonchev–Trinajstić information content (AvgIpc) is 3.75. The van der Waals surface area contributed by atoms with Crippen LogP contribution in [0, 0.1) is 23.7 Å². The molecule has 3 atom stereocenters. The van der Waals surface area contributed by atoms with Gasteiger partial charge in [-0.25, -0.2) is 0 Å². The fourth-order valence-corrected chi connectivity index (χ4v) is 4.93. The van der Waals surface area contributed by atoms with Crippen molar-refractivity contribution in [3.05, 3.63) is 24.2 Å². The molecular formula is C26H41N7O3. The van der Waals surface area contributed by atoms with Crippen LogP contribution in [0.25, 0.3) is 0 Å². The SMILES string of the molecule is CC(C)N=C(/C=C\N)C(=O)N[C@H](C(=O)N/C(C=NC[C@@H]1C[C@H](C)N(C)C1=O)=C/N)C(C1CC1)C1CC1. The normalized spacial score (nSPS) is 24.4. The number of carbonyl (C=O) groups is 3. The number of carbonyl (C=O) groups excluding carboxylic acids is 3. The Kier molecular flexibility index (Phi) is 9.28. The van der Waals surface area contributed by atoms with Crippen molar-refractivity contribution in [2.75, 3.05) is 13.6 Å². The van der Waals surface area contributed by atoms with E-state index in [2.05, 4.69) is 20.6 Å². The van der Waals surface area contributed by atoms with Crippen LogP contribution in [0.4, 0.5) is 0 Å². The molecule has 3 fully saturated rings. The van der Waals surface area contributed by atoms with Gasteiger partial charge in [-0.15, -0.1) is 0 Å². The first kappa shape index (κ1) is 27.4. The van der Waals surface area contributed by atoms with Crippen molar-refractivity contribution in [2.45, 2.75) is 71.0 Å². The standard InChI is InChI=1S/C26H41N7O3/c1-15(2)30-21(9-10-27)24(34)32-23(22(17-5-6-17)18-7-8-18)25(35)31-20(12-28)14-29-13-19-11-16(3)33(4)26(19)36/h9-10,12,14-19,22-23H,5-8,11,13,27-28H2,1-4H3,(H,31,35)(H,32,34)/b10-9-,20-12+,29-14?,30-21?/t16-,19-,23-/m0/s1. The van der Waals surface area contributed by atoms with Crippen LogP contribution in [0.3, 0.4) is 0 Å². The van der Waals surface area contributed by atoms with Gasteiger partial charge in [0.2, 0.25) is 11.8 Å². The highest BCUT2D eigenvalue weighted by molar-refractivity contribution is 6.43. The van der Waals surface area contributed by atoms with E-state index in [9.17, 15) is 14.4 Å². The number of rotatable bonds is 12. The van der Waals surface area contributed by atoms with Crippen molar-refractivity contribution >= 4 is 29.6 Å². The lowest BCUT2D eigenvalue weighted by Crippen LogP contribution is -2.53. The number of nitrogens with zero attached hydrogens (tertiary/aromatic N) is 3. The molecule has 10 heteroatoms. The van der Waals surface area contributed by atoms with Gasteiger partial charge in [-0.2, -0.15) is 0 Å². The topological polar surface area (TPSA) is 155 Å². The summed E-state index contributed by atoms with van der Waals surface area (Å²) in [4.78, 5) is 49.4. The number of aliphatic imine (C=N–C) groups is 2. The second-order valence-electron chi connectivity index (χ2n) is 10.5. The van der Waals surface area contributed by atoms with E-state index in [1.54, 1.807) is 11.9 Å². The maximum atomic E-state index is 13.5. The summed E-state index contributed by atoms with van der Waals surface area (Å²) in [5.74, 6) is 0.0206. The van der Waals surface area contributed by atoms with E-state index in [1.807, 2.05) is 20.8 Å². The Morgan fingerprint density at radius 3 is 2.28 bits per heavy atom. The lowest BCUT2D eigenvalue weighted by atomic mass is 9.88. The summed E-state index contributed by atoms with van der Waals surface area (Å²) in [6, 6.07) is -0.643. The maximum absolute atomic E-state index is 13.5. The summed E-state index contributed by atoms with van der Waals surface area (Å²) in [6.45, 7) is 6.08. The zero-order chi connectivity index (χ0) is 26.4. The summed E-state index contributed by atoms with van der Waals surface area (Å²) in [7, 11) is 1.80. The maximum Gasteiger partial charge on any atom is 0.270 e. The third-order valence-electron chi connectivity index (χ3n) is 7.16. The van der Waals surface area contributed by atoms with Crippen molar-refractivity contribution in [1.29, 1.82) is 0 Å². The highest BCUT2D eigenvalue weighted by Crippen LogP contribution is 2.50. The molecule has 0 aromatic rings. The van der Waals surface area contributed by atoms with E-state index in [0.717, 1.165) is 32.1 Å². The highest BCUT2D eigenvalue weighted by Gasteiger charge is 2.48. The fraction of sp³-hybridized carbons (Fsp3) is 0.654. The molecule has 198 valence electrons. The Bertz CT molecular complexity index is 935. The minimum Gasteiger partial charge on any atom is -0.405 e. The lowest BCUT2D eigenvalue weighted by Gasteiger charge is -2.27. The quantitative estimate of drug-likeness (QED) is 0.296. The van der Waals surface area contributed by atoms with Gasteiger partial charge in [-0.1, -0.05) is 0 Å². The van der Waals surface area contributed by atoms with Crippen LogP contribution in [-0.4, -0.2) is 66.3 Å². The number of hydrogen-bond donors (Lipinski definition) is 4. The van der Waals surface area contributed by atoms with Gasteiger partial charge in [0.25, 0.3) is 5.91 Å². The van der Waals surface area contributed by atoms with Gasteiger partial charge >= 0.3 is 0 Å². The Labute approximate surface area is 213 Å². The first-order chi connectivity index (χ1) is 17.2. The van der Waals surface area contributed by atoms with Crippen LogP contribution in [0.5, 0.6) is 0 Å². The van der Waals surface area contributed by atoms with Crippen LogP contribution in [-0.2, 0) is 14.4 Å². The van der Waals surface area contributed by atoms with E-state index in [4.69, 9.17) is 11.5 Å². The van der Waals surface area contributed by atoms with Gasteiger partial charge in [-0.3, -0.25) is 24.4 Å². The molecule has 3 amide bonds. The van der Waals surface area contributed by atoms with Crippen molar-refractivity contribution in [3.8, 4) is 0 Å². The van der Waals surface area contributed by atoms with Crippen molar-refractivity contribution < 1.29 is 14.4 Å². The number of hydrogen-bond acceptors (Lipinski definition) is 7. The van der Waals surface area contributed by atoms with E-state index >= 15 is 0 Å². The van der Waals surface area contributed by atoms with Crippen LogP contribution < -0.4 is 22.1 Å². The van der Waals surface area contributed by atoms with Crippen LogP contribution in [0.1, 0.15) is 52.9 Å². The zero-order valence-electron chi connectivity index (χ0n) is 21.8. The van der Waals surface area contributed by atoms with Gasteiger partial charge in [0.1, 0.15) is 11.8 Å². The van der Waals surface area contributed by atoms with Crippen LogP contribution in [0.15, 0.2) is 34.2 Å². The summed E-state index contributed by atoms with van der Waals surface area (Å²) >= 11 is 0. The van der Waals surface area contributed by atoms with Crippen molar-refractivity contribution in [1.82, 2.24) is 15.5 Å². The molecule has 3 aliphatic rings. The third kappa shape index (κ3) is 7.18. The summed E-state index contributed by atoms with van der Waals surface area (Å²) in [6.07, 6.45) is 10.5. The number of nitrogens with one attached hydrogen (secondary N) is 2. The monoisotopic (exact) mass is 499 g/mol. The van der Waals surface area contributed by atoms with Gasteiger partial charge in [0.05, 0.1) is 18.2 Å². The molecule has 36 heavy (non-hydrogen) atoms. The molecule has 0 aromatic carbocycles. The van der Waals surface area contributed by atoms with Crippen molar-refractivity contribution in [3.63, 3.8) is 0 Å². The van der Waals surface area contributed by atoms with Crippen LogP contribution in [0.2, 0.25) is 0 Å². The molecule has 6 N–H and O–H groups in total. The number of allylic oxidation sites excluding steroid dienone is 1. The molecule has 0 unspecified atom stereocenters. The number of likely N-dealkylation sites (tertiary alicyclic amines) is 1. The van der Waals surface area contributed by atoms with E-state index < -0.39 is 11.9 Å². The molecule has 2 aliphatic carbocycles. The number of nitrogens with two attached hydrogens (primary N) is 2. The molecule has 2 saturated carbocycles. The Morgan fingerprint density at radius 1 is 1.17 bits per heavy atom. The minimum atomic E-state index is -0.727. The third-order valence-corrected chi connectivity index (χ3v) is 7.16. The summed E-state index contributed by atoms with van der Waals surface area (Å²) in [5.41, 5.74) is 11.8. The molecule has 0 spiro atoms. The molecule has 0 radical (unpaired) electrons. The Morgan fingerprint density at radius 2 is 1.81 bits per heavy atom. The molecule has 1 saturated heterocycles. The molecule has 0 bridgehead atoms. The predicted octanol–water partition coefficient (Wildman–Crippen LogP) is 1.08. The lowest BCUT2D eigenvalue weighted by molar-refractivity contribution is -0.130. The Hall–Kier alpha value is -3.17. The second kappa shape index (κ2) is 12.2. The fourth-order valence-electron chi connectivity index (χ4n) is 4.93. The largest absolute Gasteiger partial charge is 0.405 e. The van der Waals surface area contributed by atoms with Crippen LogP contribution >= 0.6 is 0 Å². The second-order valence-corrected chi connectivity index (χ2v) is 10.5. The summed E-state index contributed by atoms with van der Waals surface area (Å²) in [5, 5.41) is 5.78. The summed E-state index contributed by atoms with van der Waals surface area (Å²) < 4.78 is 0. The number of amides is 3. The first-order valence-corrected chi connectivity index (χ1v) is 12.9. The van der Waals surface area contributed by atoms with Gasteiger partial charge < -0.3 is 27.0 Å². The van der Waals surface area contributed by atoms with Gasteiger partial charge in [0, 0.05) is 31.5 Å². The van der Waals surface area contributed by atoms with E-state index in [-0.39, 0.29) is 41.4 Å². The molecular weight excluding hydrogens is 458 g/mol. The molecule has 3 rings (SSSR count). The molecule has 1 heterocycles. The minimum absolute atomic E-state index is 0.0557. The first-order valence-electron chi connectivity index (χ1n) is 12.9. The molecule has 0 aromatic heterocycles. The van der Waals surface area contributed by atoms with E-state index in [1.165, 1.54) is 24.7 Å². The van der Waals surface area contributed by atoms with Gasteiger partial charge in [-0.05, 0) is 82.9 Å².